The number of benzene rings is 1. The van der Waals surface area contributed by atoms with Crippen molar-refractivity contribution < 1.29 is 4.74 Å². The molecule has 6 heteroatoms. The Hall–Kier alpha value is -1.07. The maximum Gasteiger partial charge on any atom is 0.126 e. The molecule has 100 valence electrons. The molecular weight excluding hydrogens is 285 g/mol. The Bertz CT molecular complexity index is 579. The molecule has 1 unspecified atom stereocenters. The van der Waals surface area contributed by atoms with Gasteiger partial charge in [0.2, 0.25) is 0 Å². The van der Waals surface area contributed by atoms with Gasteiger partial charge in [0.05, 0.1) is 41.2 Å². The highest BCUT2D eigenvalue weighted by molar-refractivity contribution is 6.43. The Morgan fingerprint density at radius 1 is 1.32 bits per heavy atom. The van der Waals surface area contributed by atoms with Gasteiger partial charge in [-0.25, -0.2) is 4.98 Å². The average Bonchev–Trinajstić information content (AvgIpc) is 2.92. The Labute approximate surface area is 121 Å². The molecule has 0 amide bonds. The van der Waals surface area contributed by atoms with Crippen molar-refractivity contribution in [3.8, 4) is 11.3 Å². The van der Waals surface area contributed by atoms with Crippen LogP contribution in [0, 0.1) is 0 Å². The lowest BCUT2D eigenvalue weighted by atomic mass is 10.2. The van der Waals surface area contributed by atoms with E-state index in [0.29, 0.717) is 16.7 Å². The van der Waals surface area contributed by atoms with Gasteiger partial charge in [-0.2, -0.15) is 0 Å². The fourth-order valence-corrected chi connectivity index (χ4v) is 2.51. The van der Waals surface area contributed by atoms with E-state index < -0.39 is 0 Å². The number of nitrogens with one attached hydrogen (secondary N) is 2. The van der Waals surface area contributed by atoms with E-state index in [9.17, 15) is 0 Å². The Kier molecular flexibility index (Phi) is 3.75. The van der Waals surface area contributed by atoms with Crippen LogP contribution in [-0.4, -0.2) is 29.7 Å². The van der Waals surface area contributed by atoms with E-state index in [1.807, 2.05) is 12.1 Å². The van der Waals surface area contributed by atoms with Crippen molar-refractivity contribution in [3.05, 3.63) is 40.3 Å². The molecular formula is C13H13Cl2N3O. The topological polar surface area (TPSA) is 49.9 Å². The minimum absolute atomic E-state index is 0.0976. The van der Waals surface area contributed by atoms with E-state index in [-0.39, 0.29) is 6.04 Å². The number of H-pyrrole nitrogens is 1. The van der Waals surface area contributed by atoms with Crippen molar-refractivity contribution >= 4 is 23.2 Å². The van der Waals surface area contributed by atoms with E-state index in [2.05, 4.69) is 15.3 Å². The predicted octanol–water partition coefficient (Wildman–Crippen LogP) is 3.04. The zero-order valence-electron chi connectivity index (χ0n) is 10.1. The first-order valence-corrected chi connectivity index (χ1v) is 6.81. The second-order valence-corrected chi connectivity index (χ2v) is 5.15. The van der Waals surface area contributed by atoms with E-state index in [1.165, 1.54) is 0 Å². The fraction of sp³-hybridized carbons (Fsp3) is 0.308. The molecule has 1 saturated heterocycles. The van der Waals surface area contributed by atoms with Crippen LogP contribution in [-0.2, 0) is 4.74 Å². The molecule has 1 aliphatic rings. The molecule has 1 aliphatic heterocycles. The summed E-state index contributed by atoms with van der Waals surface area (Å²) in [5, 5.41) is 4.42. The largest absolute Gasteiger partial charge is 0.378 e. The molecule has 1 aromatic carbocycles. The van der Waals surface area contributed by atoms with Crippen molar-refractivity contribution in [1.29, 1.82) is 0 Å². The number of hydrogen-bond acceptors (Lipinski definition) is 3. The predicted molar refractivity (Wildman–Crippen MR) is 75.6 cm³/mol. The van der Waals surface area contributed by atoms with Gasteiger partial charge in [-0.1, -0.05) is 35.3 Å². The van der Waals surface area contributed by atoms with Crippen molar-refractivity contribution in [3.63, 3.8) is 0 Å². The number of ether oxygens (including phenoxy) is 1. The van der Waals surface area contributed by atoms with Crippen molar-refractivity contribution in [1.82, 2.24) is 15.3 Å². The average molecular weight is 298 g/mol. The number of imidazole rings is 1. The molecule has 2 heterocycles. The Balaban J connectivity index is 1.90. The first-order valence-electron chi connectivity index (χ1n) is 6.06. The highest BCUT2D eigenvalue weighted by Gasteiger charge is 2.19. The number of aromatic amines is 1. The molecule has 2 N–H and O–H groups in total. The number of halogens is 2. The fourth-order valence-electron chi connectivity index (χ4n) is 2.10. The first-order chi connectivity index (χ1) is 9.25. The second kappa shape index (κ2) is 5.51. The van der Waals surface area contributed by atoms with Crippen LogP contribution < -0.4 is 5.32 Å². The summed E-state index contributed by atoms with van der Waals surface area (Å²) in [5.74, 6) is 0.853. The standard InChI is InChI=1S/C13H13Cl2N3O/c14-9-3-1-2-8(12(9)15)10-6-17-13(18-10)11-7-19-5-4-16-11/h1-3,6,11,16H,4-5,7H2,(H,17,18). The third-order valence-corrected chi connectivity index (χ3v) is 3.91. The normalized spacial score (nSPS) is 19.6. The van der Waals surface area contributed by atoms with Crippen LogP contribution >= 0.6 is 23.2 Å². The maximum absolute atomic E-state index is 6.20. The van der Waals surface area contributed by atoms with Crippen LogP contribution in [0.25, 0.3) is 11.3 Å². The summed E-state index contributed by atoms with van der Waals surface area (Å²) in [4.78, 5) is 7.66. The number of aromatic nitrogens is 2. The van der Waals surface area contributed by atoms with E-state index >= 15 is 0 Å². The molecule has 1 fully saturated rings. The third kappa shape index (κ3) is 2.62. The van der Waals surface area contributed by atoms with Crippen molar-refractivity contribution in [2.75, 3.05) is 19.8 Å². The smallest absolute Gasteiger partial charge is 0.126 e. The van der Waals surface area contributed by atoms with Crippen LogP contribution in [0.5, 0.6) is 0 Å². The molecule has 0 radical (unpaired) electrons. The Morgan fingerprint density at radius 2 is 2.21 bits per heavy atom. The summed E-state index contributed by atoms with van der Waals surface area (Å²) < 4.78 is 5.42. The van der Waals surface area contributed by atoms with Crippen LogP contribution in [0.1, 0.15) is 11.9 Å². The van der Waals surface area contributed by atoms with Gasteiger partial charge in [-0.3, -0.25) is 0 Å². The van der Waals surface area contributed by atoms with Gasteiger partial charge in [0, 0.05) is 12.1 Å². The quantitative estimate of drug-likeness (QED) is 0.896. The van der Waals surface area contributed by atoms with E-state index in [1.54, 1.807) is 12.3 Å². The van der Waals surface area contributed by atoms with Crippen LogP contribution in [0.3, 0.4) is 0 Å². The highest BCUT2D eigenvalue weighted by atomic mass is 35.5. The first kappa shape index (κ1) is 12.9. The van der Waals surface area contributed by atoms with Gasteiger partial charge in [0.25, 0.3) is 0 Å². The Morgan fingerprint density at radius 3 is 3.00 bits per heavy atom. The molecule has 19 heavy (non-hydrogen) atoms. The van der Waals surface area contributed by atoms with Gasteiger partial charge in [-0.15, -0.1) is 0 Å². The van der Waals surface area contributed by atoms with Crippen molar-refractivity contribution in [2.24, 2.45) is 0 Å². The van der Waals surface area contributed by atoms with Gasteiger partial charge in [0.1, 0.15) is 5.82 Å². The lowest BCUT2D eigenvalue weighted by Gasteiger charge is -2.21. The highest BCUT2D eigenvalue weighted by Crippen LogP contribution is 2.32. The molecule has 0 aliphatic carbocycles. The molecule has 3 rings (SSSR count). The molecule has 0 bridgehead atoms. The lowest BCUT2D eigenvalue weighted by Crippen LogP contribution is -2.35. The van der Waals surface area contributed by atoms with Gasteiger partial charge >= 0.3 is 0 Å². The molecule has 2 aromatic rings. The summed E-state index contributed by atoms with van der Waals surface area (Å²) in [6, 6.07) is 5.64. The molecule has 0 spiro atoms. The number of hydrogen-bond donors (Lipinski definition) is 2. The molecule has 1 aromatic heterocycles. The van der Waals surface area contributed by atoms with Gasteiger partial charge in [0.15, 0.2) is 0 Å². The summed E-state index contributed by atoms with van der Waals surface area (Å²) in [7, 11) is 0. The number of morpholine rings is 1. The molecule has 4 nitrogen and oxygen atoms in total. The molecule has 1 atom stereocenters. The zero-order valence-corrected chi connectivity index (χ0v) is 11.6. The SMILES string of the molecule is Clc1cccc(-c2cnc(C3COCCN3)[nH]2)c1Cl. The van der Waals surface area contributed by atoms with E-state index in [4.69, 9.17) is 27.9 Å². The second-order valence-electron chi connectivity index (χ2n) is 4.37. The summed E-state index contributed by atoms with van der Waals surface area (Å²) >= 11 is 12.2. The number of nitrogens with zero attached hydrogens (tertiary/aromatic N) is 1. The van der Waals surface area contributed by atoms with Crippen molar-refractivity contribution in [2.45, 2.75) is 6.04 Å². The van der Waals surface area contributed by atoms with Gasteiger partial charge < -0.3 is 15.0 Å². The van der Waals surface area contributed by atoms with Crippen LogP contribution in [0.2, 0.25) is 10.0 Å². The van der Waals surface area contributed by atoms with Gasteiger partial charge in [-0.05, 0) is 6.07 Å². The summed E-state index contributed by atoms with van der Waals surface area (Å²) in [6.45, 7) is 2.19. The minimum atomic E-state index is 0.0976. The zero-order chi connectivity index (χ0) is 13.2. The third-order valence-electron chi connectivity index (χ3n) is 3.09. The van der Waals surface area contributed by atoms with E-state index in [0.717, 1.165) is 30.2 Å². The maximum atomic E-state index is 6.20. The minimum Gasteiger partial charge on any atom is -0.378 e. The monoisotopic (exact) mass is 297 g/mol. The summed E-state index contributed by atoms with van der Waals surface area (Å²) in [5.41, 5.74) is 1.71. The summed E-state index contributed by atoms with van der Waals surface area (Å²) in [6.07, 6.45) is 1.77. The molecule has 0 saturated carbocycles. The van der Waals surface area contributed by atoms with Crippen LogP contribution in [0.15, 0.2) is 24.4 Å². The lowest BCUT2D eigenvalue weighted by molar-refractivity contribution is 0.0745. The van der Waals surface area contributed by atoms with Crippen LogP contribution in [0.4, 0.5) is 0 Å². The number of rotatable bonds is 2.